The average Bonchev–Trinajstić information content (AvgIpc) is 2.18. The molecule has 0 bridgehead atoms. The van der Waals surface area contributed by atoms with Crippen LogP contribution in [0.2, 0.25) is 0 Å². The third kappa shape index (κ3) is 2.70. The SMILES string of the molecule is Cc1cccc(C(=O)ONC(=N)N)c1C. The third-order valence-electron chi connectivity index (χ3n) is 2.08. The number of benzene rings is 1. The molecule has 0 unspecified atom stereocenters. The highest BCUT2D eigenvalue weighted by atomic mass is 16.7. The van der Waals surface area contributed by atoms with Crippen LogP contribution in [-0.2, 0) is 4.84 Å². The molecule has 0 aromatic heterocycles. The summed E-state index contributed by atoms with van der Waals surface area (Å²) in [5, 5.41) is 6.84. The molecule has 80 valence electrons. The van der Waals surface area contributed by atoms with Gasteiger partial charge in [-0.3, -0.25) is 5.41 Å². The van der Waals surface area contributed by atoms with Crippen molar-refractivity contribution in [3.63, 3.8) is 0 Å². The van der Waals surface area contributed by atoms with Crippen molar-refractivity contribution >= 4 is 11.9 Å². The molecular formula is C10H13N3O2. The topological polar surface area (TPSA) is 88.2 Å². The van der Waals surface area contributed by atoms with Gasteiger partial charge in [0.15, 0.2) is 0 Å². The molecule has 1 rings (SSSR count). The summed E-state index contributed by atoms with van der Waals surface area (Å²) in [7, 11) is 0. The number of hydroxylamine groups is 1. The van der Waals surface area contributed by atoms with Gasteiger partial charge in [0.1, 0.15) is 0 Å². The fourth-order valence-electron chi connectivity index (χ4n) is 1.13. The van der Waals surface area contributed by atoms with Gasteiger partial charge in [-0.15, -0.1) is 0 Å². The number of nitrogens with one attached hydrogen (secondary N) is 2. The molecule has 1 aromatic rings. The predicted octanol–water partition coefficient (Wildman–Crippen LogP) is 0.858. The van der Waals surface area contributed by atoms with Crippen LogP contribution >= 0.6 is 0 Å². The standard InChI is InChI=1S/C10H13N3O2/c1-6-4-3-5-8(7(6)2)9(14)15-13-10(11)12/h3-5H,1-2H3,(H4,11,12,13). The molecule has 0 atom stereocenters. The predicted molar refractivity (Wildman–Crippen MR) is 56.4 cm³/mol. The molecule has 0 radical (unpaired) electrons. The van der Waals surface area contributed by atoms with E-state index in [9.17, 15) is 4.79 Å². The maximum Gasteiger partial charge on any atom is 0.363 e. The van der Waals surface area contributed by atoms with Crippen LogP contribution in [0.25, 0.3) is 0 Å². The van der Waals surface area contributed by atoms with E-state index in [4.69, 9.17) is 11.1 Å². The van der Waals surface area contributed by atoms with Crippen LogP contribution in [0, 0.1) is 19.3 Å². The van der Waals surface area contributed by atoms with E-state index >= 15 is 0 Å². The second kappa shape index (κ2) is 4.45. The number of guanidine groups is 1. The van der Waals surface area contributed by atoms with Crippen molar-refractivity contribution in [2.24, 2.45) is 5.73 Å². The Morgan fingerprint density at radius 1 is 1.47 bits per heavy atom. The van der Waals surface area contributed by atoms with Crippen molar-refractivity contribution in [1.29, 1.82) is 5.41 Å². The summed E-state index contributed by atoms with van der Waals surface area (Å²) in [5.74, 6) is -0.958. The number of hydrogen-bond donors (Lipinski definition) is 3. The maximum atomic E-state index is 11.5. The number of rotatable bonds is 1. The normalized spacial score (nSPS) is 9.47. The molecule has 0 aliphatic carbocycles. The van der Waals surface area contributed by atoms with E-state index in [1.54, 1.807) is 12.1 Å². The van der Waals surface area contributed by atoms with Gasteiger partial charge in [-0.1, -0.05) is 12.1 Å². The summed E-state index contributed by atoms with van der Waals surface area (Å²) in [6.45, 7) is 3.74. The van der Waals surface area contributed by atoms with Crippen LogP contribution in [-0.4, -0.2) is 11.9 Å². The van der Waals surface area contributed by atoms with E-state index in [-0.39, 0.29) is 0 Å². The number of hydrogen-bond acceptors (Lipinski definition) is 3. The molecule has 15 heavy (non-hydrogen) atoms. The lowest BCUT2D eigenvalue weighted by atomic mass is 10.0. The fraction of sp³-hybridized carbons (Fsp3) is 0.200. The molecule has 5 heteroatoms. The van der Waals surface area contributed by atoms with Gasteiger partial charge >= 0.3 is 5.97 Å². The summed E-state index contributed by atoms with van der Waals surface area (Å²) >= 11 is 0. The highest BCUT2D eigenvalue weighted by molar-refractivity contribution is 5.92. The minimum Gasteiger partial charge on any atom is -0.368 e. The van der Waals surface area contributed by atoms with E-state index < -0.39 is 11.9 Å². The van der Waals surface area contributed by atoms with Gasteiger partial charge in [-0.2, -0.15) is 5.48 Å². The first-order valence-corrected chi connectivity index (χ1v) is 4.40. The van der Waals surface area contributed by atoms with Crippen molar-refractivity contribution in [3.8, 4) is 0 Å². The third-order valence-corrected chi connectivity index (χ3v) is 2.08. The van der Waals surface area contributed by atoms with Crippen molar-refractivity contribution < 1.29 is 9.63 Å². The highest BCUT2D eigenvalue weighted by Gasteiger charge is 2.11. The van der Waals surface area contributed by atoms with Gasteiger partial charge in [-0.25, -0.2) is 4.79 Å². The molecule has 0 saturated heterocycles. The first kappa shape index (κ1) is 11.0. The van der Waals surface area contributed by atoms with Crippen LogP contribution in [0.1, 0.15) is 21.5 Å². The van der Waals surface area contributed by atoms with E-state index in [1.807, 2.05) is 25.4 Å². The fourth-order valence-corrected chi connectivity index (χ4v) is 1.13. The molecule has 0 fully saturated rings. The molecule has 4 N–H and O–H groups in total. The second-order valence-electron chi connectivity index (χ2n) is 3.15. The maximum absolute atomic E-state index is 11.5. The van der Waals surface area contributed by atoms with Gasteiger partial charge < -0.3 is 10.6 Å². The Kier molecular flexibility index (Phi) is 3.28. The molecule has 0 aliphatic heterocycles. The van der Waals surface area contributed by atoms with Gasteiger partial charge in [0.2, 0.25) is 5.96 Å². The Labute approximate surface area is 87.7 Å². The Balaban J connectivity index is 2.82. The van der Waals surface area contributed by atoms with Gasteiger partial charge in [-0.05, 0) is 31.0 Å². The first-order valence-electron chi connectivity index (χ1n) is 4.40. The molecular weight excluding hydrogens is 194 g/mol. The highest BCUT2D eigenvalue weighted by Crippen LogP contribution is 2.13. The molecule has 0 heterocycles. The van der Waals surface area contributed by atoms with Crippen LogP contribution in [0.15, 0.2) is 18.2 Å². The lowest BCUT2D eigenvalue weighted by molar-refractivity contribution is 0.0381. The molecule has 0 spiro atoms. The van der Waals surface area contributed by atoms with E-state index in [2.05, 4.69) is 4.84 Å². The van der Waals surface area contributed by atoms with Crippen LogP contribution < -0.4 is 11.2 Å². The number of aryl methyl sites for hydroxylation is 1. The van der Waals surface area contributed by atoms with Gasteiger partial charge in [0.25, 0.3) is 0 Å². The van der Waals surface area contributed by atoms with Crippen molar-refractivity contribution in [3.05, 3.63) is 34.9 Å². The summed E-state index contributed by atoms with van der Waals surface area (Å²) in [4.78, 5) is 16.1. The van der Waals surface area contributed by atoms with Gasteiger partial charge in [0.05, 0.1) is 5.56 Å². The Hall–Kier alpha value is -2.04. The van der Waals surface area contributed by atoms with E-state index in [1.165, 1.54) is 0 Å². The average molecular weight is 207 g/mol. The Morgan fingerprint density at radius 2 is 2.13 bits per heavy atom. The molecule has 5 nitrogen and oxygen atoms in total. The zero-order valence-electron chi connectivity index (χ0n) is 8.63. The van der Waals surface area contributed by atoms with E-state index in [0.29, 0.717) is 5.56 Å². The number of nitrogens with two attached hydrogens (primary N) is 1. The van der Waals surface area contributed by atoms with Crippen LogP contribution in [0.4, 0.5) is 0 Å². The smallest absolute Gasteiger partial charge is 0.363 e. The van der Waals surface area contributed by atoms with Crippen LogP contribution in [0.5, 0.6) is 0 Å². The summed E-state index contributed by atoms with van der Waals surface area (Å²) in [5.41, 5.74) is 9.31. The number of carbonyl (C=O) groups excluding carboxylic acids is 1. The summed E-state index contributed by atoms with van der Waals surface area (Å²) in [6, 6.07) is 5.34. The minimum absolute atomic E-state index is 0.409. The van der Waals surface area contributed by atoms with Crippen molar-refractivity contribution in [2.75, 3.05) is 0 Å². The second-order valence-corrected chi connectivity index (χ2v) is 3.15. The monoisotopic (exact) mass is 207 g/mol. The Bertz CT molecular complexity index is 402. The lowest BCUT2D eigenvalue weighted by Crippen LogP contribution is -2.32. The summed E-state index contributed by atoms with van der Waals surface area (Å²) < 4.78 is 0. The largest absolute Gasteiger partial charge is 0.368 e. The molecule has 1 aromatic carbocycles. The van der Waals surface area contributed by atoms with Gasteiger partial charge in [0, 0.05) is 0 Å². The molecule has 0 saturated carbocycles. The van der Waals surface area contributed by atoms with Crippen LogP contribution in [0.3, 0.4) is 0 Å². The quantitative estimate of drug-likeness (QED) is 0.362. The van der Waals surface area contributed by atoms with Crippen molar-refractivity contribution in [1.82, 2.24) is 5.48 Å². The van der Waals surface area contributed by atoms with E-state index in [0.717, 1.165) is 11.1 Å². The zero-order valence-corrected chi connectivity index (χ0v) is 8.63. The van der Waals surface area contributed by atoms with Crippen molar-refractivity contribution in [2.45, 2.75) is 13.8 Å². The molecule has 0 amide bonds. The zero-order chi connectivity index (χ0) is 11.4. The molecule has 0 aliphatic rings. The Morgan fingerprint density at radius 3 is 2.73 bits per heavy atom. The summed E-state index contributed by atoms with van der Waals surface area (Å²) in [6.07, 6.45) is 0. The number of carbonyl (C=O) groups is 1. The minimum atomic E-state index is -0.550. The first-order chi connectivity index (χ1) is 7.02. The lowest BCUT2D eigenvalue weighted by Gasteiger charge is -2.08.